The van der Waals surface area contributed by atoms with Crippen LogP contribution < -0.4 is 16.2 Å². The Morgan fingerprint density at radius 3 is 2.72 bits per heavy atom. The van der Waals surface area contributed by atoms with Crippen molar-refractivity contribution in [3.8, 4) is 11.4 Å². The molecule has 1 aliphatic carbocycles. The minimum absolute atomic E-state index is 0.0633. The number of rotatable bonds is 4. The van der Waals surface area contributed by atoms with E-state index in [0.717, 1.165) is 22.1 Å². The molecule has 2 atom stereocenters. The quantitative estimate of drug-likeness (QED) is 0.342. The first-order valence-corrected chi connectivity index (χ1v) is 13.6. The molecule has 0 saturated heterocycles. The van der Waals surface area contributed by atoms with Crippen LogP contribution in [0.15, 0.2) is 16.9 Å². The maximum absolute atomic E-state index is 14.9. The van der Waals surface area contributed by atoms with E-state index < -0.39 is 11.9 Å². The Labute approximate surface area is 225 Å². The summed E-state index contributed by atoms with van der Waals surface area (Å²) in [5, 5.41) is 15.5. The lowest BCUT2D eigenvalue weighted by atomic mass is 9.81. The number of hydrogen-bond donors (Lipinski definition) is 3. The highest BCUT2D eigenvalue weighted by atomic mass is 19.1. The number of carbonyl (C=O) groups excluding carboxylic acids is 2. The summed E-state index contributed by atoms with van der Waals surface area (Å²) in [7, 11) is 0. The Bertz CT molecular complexity index is 1560. The van der Waals surface area contributed by atoms with Gasteiger partial charge in [0.05, 0.1) is 47.6 Å². The SMILES string of the molecule is CC.CCC1C(=O)OCc2c1cc1n(c2=O)Cc2c-1nc1cc(F)c(C)c3c1c2C(NC(=O)NCCO)CC3. The molecule has 6 rings (SSSR count). The van der Waals surface area contributed by atoms with Gasteiger partial charge in [0.1, 0.15) is 12.4 Å². The number of fused-ring (bicyclic) bond motifs is 5. The maximum atomic E-state index is 14.9. The number of carbonyl (C=O) groups is 2. The molecule has 206 valence electrons. The van der Waals surface area contributed by atoms with Gasteiger partial charge in [-0.25, -0.2) is 14.2 Å². The monoisotopic (exact) mass is 536 g/mol. The molecule has 1 aromatic carbocycles. The maximum Gasteiger partial charge on any atom is 0.315 e. The molecule has 2 aromatic heterocycles. The molecule has 2 amide bonds. The van der Waals surface area contributed by atoms with E-state index in [0.29, 0.717) is 52.9 Å². The fourth-order valence-corrected chi connectivity index (χ4v) is 6.10. The van der Waals surface area contributed by atoms with Crippen molar-refractivity contribution in [2.45, 2.75) is 72.1 Å². The van der Waals surface area contributed by atoms with Crippen LogP contribution >= 0.6 is 0 Å². The number of halogens is 1. The second-order valence-electron chi connectivity index (χ2n) is 9.85. The van der Waals surface area contributed by atoms with Gasteiger partial charge in [0, 0.05) is 23.6 Å². The first kappa shape index (κ1) is 26.8. The van der Waals surface area contributed by atoms with E-state index in [1.807, 2.05) is 26.8 Å². The second-order valence-corrected chi connectivity index (χ2v) is 9.85. The Morgan fingerprint density at radius 1 is 1.23 bits per heavy atom. The molecule has 4 heterocycles. The van der Waals surface area contributed by atoms with E-state index >= 15 is 0 Å². The minimum atomic E-state index is -0.526. The van der Waals surface area contributed by atoms with Crippen molar-refractivity contribution >= 4 is 22.9 Å². The van der Waals surface area contributed by atoms with Crippen molar-refractivity contribution in [1.29, 1.82) is 0 Å². The number of cyclic esters (lactones) is 1. The number of aromatic nitrogens is 2. The zero-order valence-electron chi connectivity index (χ0n) is 22.6. The number of aryl methyl sites for hydroxylation is 1. The molecule has 9 nitrogen and oxygen atoms in total. The molecule has 0 spiro atoms. The zero-order chi connectivity index (χ0) is 28.0. The smallest absolute Gasteiger partial charge is 0.315 e. The summed E-state index contributed by atoms with van der Waals surface area (Å²) in [6, 6.07) is 2.47. The third-order valence-corrected chi connectivity index (χ3v) is 7.90. The summed E-state index contributed by atoms with van der Waals surface area (Å²) in [6.07, 6.45) is 1.62. The molecule has 0 saturated carbocycles. The number of pyridine rings is 2. The molecule has 0 fully saturated rings. The number of nitrogens with zero attached hydrogens (tertiary/aromatic N) is 2. The number of benzene rings is 1. The van der Waals surface area contributed by atoms with Crippen molar-refractivity contribution in [2.75, 3.05) is 13.2 Å². The molecule has 3 aliphatic rings. The number of aliphatic hydroxyl groups is 1. The van der Waals surface area contributed by atoms with Gasteiger partial charge < -0.3 is 25.0 Å². The van der Waals surface area contributed by atoms with E-state index in [9.17, 15) is 18.8 Å². The first-order valence-electron chi connectivity index (χ1n) is 13.6. The van der Waals surface area contributed by atoms with Gasteiger partial charge in [-0.2, -0.15) is 0 Å². The van der Waals surface area contributed by atoms with Crippen LogP contribution in [0.4, 0.5) is 9.18 Å². The summed E-state index contributed by atoms with van der Waals surface area (Å²) < 4.78 is 21.9. The summed E-state index contributed by atoms with van der Waals surface area (Å²) in [5.41, 5.74) is 5.60. The van der Waals surface area contributed by atoms with Gasteiger partial charge in [-0.3, -0.25) is 9.59 Å². The van der Waals surface area contributed by atoms with Crippen LogP contribution in [0.1, 0.15) is 79.0 Å². The molecule has 39 heavy (non-hydrogen) atoms. The van der Waals surface area contributed by atoms with Gasteiger partial charge in [-0.1, -0.05) is 20.8 Å². The van der Waals surface area contributed by atoms with Crippen LogP contribution in [0, 0.1) is 12.7 Å². The van der Waals surface area contributed by atoms with Crippen LogP contribution in [0.5, 0.6) is 0 Å². The van der Waals surface area contributed by atoms with E-state index in [2.05, 4.69) is 10.6 Å². The van der Waals surface area contributed by atoms with Crippen molar-refractivity contribution in [1.82, 2.24) is 20.2 Å². The Balaban J connectivity index is 0.00000151. The van der Waals surface area contributed by atoms with E-state index in [4.69, 9.17) is 14.8 Å². The predicted molar refractivity (Wildman–Crippen MR) is 144 cm³/mol. The lowest BCUT2D eigenvalue weighted by Gasteiger charge is -2.29. The largest absolute Gasteiger partial charge is 0.460 e. The summed E-state index contributed by atoms with van der Waals surface area (Å²) in [6.45, 7) is 7.76. The van der Waals surface area contributed by atoms with Gasteiger partial charge in [0.25, 0.3) is 5.56 Å². The fourth-order valence-electron chi connectivity index (χ4n) is 6.10. The molecule has 2 aliphatic heterocycles. The van der Waals surface area contributed by atoms with Crippen molar-refractivity contribution in [3.63, 3.8) is 0 Å². The van der Waals surface area contributed by atoms with E-state index in [1.165, 1.54) is 6.07 Å². The third kappa shape index (κ3) is 4.17. The lowest BCUT2D eigenvalue weighted by molar-refractivity contribution is -0.148. The standard InChI is InChI=1S/C27H27FN4O5.C2H6/c1-3-13-15-8-21-24-16(10-32(21)25(34)17(15)11-37-26(13)35)23-19(31-27(36)29-6-7-33)5-4-14-12(2)18(28)9-20(30-24)22(14)23;1-2/h8-9,13,19,33H,3-7,10-11H2,1-2H3,(H2,29,31,36);1-2H3. The summed E-state index contributed by atoms with van der Waals surface area (Å²) in [5.74, 6) is -1.22. The number of ether oxygens (including phenoxy) is 1. The Hall–Kier alpha value is -3.79. The Kier molecular flexibility index (Phi) is 7.15. The molecular formula is C29H33FN4O5. The van der Waals surface area contributed by atoms with Gasteiger partial charge in [0.15, 0.2) is 0 Å². The normalized spacial score (nSPS) is 18.4. The summed E-state index contributed by atoms with van der Waals surface area (Å²) in [4.78, 5) is 43.4. The number of aliphatic hydroxyl groups excluding tert-OH is 1. The first-order chi connectivity index (χ1) is 18.8. The average Bonchev–Trinajstić information content (AvgIpc) is 3.30. The highest BCUT2D eigenvalue weighted by Gasteiger charge is 2.37. The molecule has 2 unspecified atom stereocenters. The molecular weight excluding hydrogens is 503 g/mol. The van der Waals surface area contributed by atoms with Gasteiger partial charge in [-0.15, -0.1) is 0 Å². The van der Waals surface area contributed by atoms with Crippen LogP contribution in [0.2, 0.25) is 0 Å². The number of urea groups is 1. The fraction of sp³-hybridized carbons (Fsp3) is 0.448. The third-order valence-electron chi connectivity index (χ3n) is 7.90. The number of hydrogen-bond acceptors (Lipinski definition) is 6. The molecule has 10 heteroatoms. The van der Waals surface area contributed by atoms with Gasteiger partial charge in [0.2, 0.25) is 0 Å². The van der Waals surface area contributed by atoms with Gasteiger partial charge >= 0.3 is 12.0 Å². The molecule has 3 N–H and O–H groups in total. The lowest BCUT2D eigenvalue weighted by Crippen LogP contribution is -2.40. The molecule has 0 bridgehead atoms. The van der Waals surface area contributed by atoms with Crippen LogP contribution in [-0.2, 0) is 29.1 Å². The number of amides is 2. The molecule has 3 aromatic rings. The average molecular weight is 537 g/mol. The van der Waals surface area contributed by atoms with E-state index in [-0.39, 0.29) is 49.7 Å². The van der Waals surface area contributed by atoms with Crippen LogP contribution in [0.25, 0.3) is 22.3 Å². The Morgan fingerprint density at radius 2 is 2.00 bits per heavy atom. The van der Waals surface area contributed by atoms with Crippen molar-refractivity contribution in [3.05, 3.63) is 61.7 Å². The highest BCUT2D eigenvalue weighted by Crippen LogP contribution is 2.45. The highest BCUT2D eigenvalue weighted by molar-refractivity contribution is 5.93. The summed E-state index contributed by atoms with van der Waals surface area (Å²) >= 11 is 0. The zero-order valence-corrected chi connectivity index (χ0v) is 22.6. The van der Waals surface area contributed by atoms with Crippen LogP contribution in [0.3, 0.4) is 0 Å². The van der Waals surface area contributed by atoms with Gasteiger partial charge in [-0.05, 0) is 54.5 Å². The molecule has 0 radical (unpaired) electrons. The van der Waals surface area contributed by atoms with Crippen LogP contribution in [-0.4, -0.2) is 39.8 Å². The topological polar surface area (TPSA) is 123 Å². The number of esters is 1. The van der Waals surface area contributed by atoms with Crippen molar-refractivity contribution in [2.24, 2.45) is 0 Å². The minimum Gasteiger partial charge on any atom is -0.460 e. The van der Waals surface area contributed by atoms with Crippen molar-refractivity contribution < 1.29 is 23.8 Å². The number of nitrogens with one attached hydrogen (secondary N) is 2. The predicted octanol–water partition coefficient (Wildman–Crippen LogP) is 3.73. The van der Waals surface area contributed by atoms with E-state index in [1.54, 1.807) is 11.5 Å². The second kappa shape index (κ2) is 10.4.